The van der Waals surface area contributed by atoms with Crippen LogP contribution in [0.15, 0.2) is 40.9 Å². The van der Waals surface area contributed by atoms with Gasteiger partial charge in [0.25, 0.3) is 0 Å². The Hall–Kier alpha value is -1.52. The normalized spacial score (nSPS) is 11.1. The first-order valence-corrected chi connectivity index (χ1v) is 6.84. The zero-order valence-corrected chi connectivity index (χ0v) is 12.4. The smallest absolute Gasteiger partial charge is 0.144 e. The molecule has 0 aliphatic heterocycles. The number of aryl methyl sites for hydroxylation is 1. The van der Waals surface area contributed by atoms with Gasteiger partial charge in [-0.25, -0.2) is 4.98 Å². The summed E-state index contributed by atoms with van der Waals surface area (Å²) in [4.78, 5) is 4.54. The largest absolute Gasteiger partial charge is 0.507 e. The van der Waals surface area contributed by atoms with E-state index in [1.54, 1.807) is 12.1 Å². The number of imidazole rings is 1. The summed E-state index contributed by atoms with van der Waals surface area (Å²) in [5, 5.41) is 10.6. The fourth-order valence-corrected chi connectivity index (χ4v) is 2.63. The van der Waals surface area contributed by atoms with Crippen LogP contribution in [-0.4, -0.2) is 14.7 Å². The van der Waals surface area contributed by atoms with E-state index in [1.165, 1.54) is 0 Å². The quantitative estimate of drug-likeness (QED) is 0.716. The Bertz CT molecular complexity index is 782. The maximum Gasteiger partial charge on any atom is 0.144 e. The van der Waals surface area contributed by atoms with E-state index in [1.807, 2.05) is 35.9 Å². The highest BCUT2D eigenvalue weighted by molar-refractivity contribution is 9.10. The molecule has 1 aromatic heterocycles. The number of phenols is 1. The first-order valence-electron chi connectivity index (χ1n) is 5.67. The Kier molecular flexibility index (Phi) is 2.99. The van der Waals surface area contributed by atoms with Gasteiger partial charge in [0.05, 0.1) is 16.6 Å². The van der Waals surface area contributed by atoms with Crippen LogP contribution in [0.1, 0.15) is 0 Å². The summed E-state index contributed by atoms with van der Waals surface area (Å²) in [6.45, 7) is 0. The lowest BCUT2D eigenvalue weighted by molar-refractivity contribution is 0.476. The lowest BCUT2D eigenvalue weighted by Gasteiger charge is -2.05. The highest BCUT2D eigenvalue weighted by atomic mass is 79.9. The van der Waals surface area contributed by atoms with Gasteiger partial charge < -0.3 is 9.67 Å². The van der Waals surface area contributed by atoms with Crippen molar-refractivity contribution in [1.82, 2.24) is 9.55 Å². The third-order valence-electron chi connectivity index (χ3n) is 3.04. The van der Waals surface area contributed by atoms with Crippen LogP contribution < -0.4 is 0 Å². The number of hydrogen-bond acceptors (Lipinski definition) is 2. The van der Waals surface area contributed by atoms with Crippen molar-refractivity contribution in [2.24, 2.45) is 7.05 Å². The van der Waals surface area contributed by atoms with Crippen molar-refractivity contribution < 1.29 is 5.11 Å². The van der Waals surface area contributed by atoms with E-state index in [4.69, 9.17) is 11.6 Å². The molecule has 0 aliphatic rings. The monoisotopic (exact) mass is 336 g/mol. The van der Waals surface area contributed by atoms with Gasteiger partial charge in [0.15, 0.2) is 0 Å². The molecule has 5 heteroatoms. The van der Waals surface area contributed by atoms with E-state index in [2.05, 4.69) is 20.9 Å². The van der Waals surface area contributed by atoms with Gasteiger partial charge in [0.2, 0.25) is 0 Å². The number of rotatable bonds is 1. The number of halogens is 2. The molecular formula is C14H10BrClN2O. The number of hydrogen-bond donors (Lipinski definition) is 1. The van der Waals surface area contributed by atoms with E-state index in [-0.39, 0.29) is 5.75 Å². The van der Waals surface area contributed by atoms with E-state index in [0.717, 1.165) is 15.5 Å². The third-order valence-corrected chi connectivity index (χ3v) is 3.77. The van der Waals surface area contributed by atoms with Crippen LogP contribution in [0.3, 0.4) is 0 Å². The van der Waals surface area contributed by atoms with Crippen LogP contribution in [0.2, 0.25) is 5.02 Å². The molecule has 0 bridgehead atoms. The highest BCUT2D eigenvalue weighted by Gasteiger charge is 2.13. The Morgan fingerprint density at radius 2 is 2.00 bits per heavy atom. The van der Waals surface area contributed by atoms with E-state index in [0.29, 0.717) is 16.4 Å². The van der Waals surface area contributed by atoms with Gasteiger partial charge in [0.1, 0.15) is 11.6 Å². The number of aromatic hydroxyl groups is 1. The molecule has 3 rings (SSSR count). The average Bonchev–Trinajstić information content (AvgIpc) is 2.69. The lowest BCUT2D eigenvalue weighted by Crippen LogP contribution is -1.92. The highest BCUT2D eigenvalue weighted by Crippen LogP contribution is 2.33. The van der Waals surface area contributed by atoms with Gasteiger partial charge in [-0.2, -0.15) is 0 Å². The third kappa shape index (κ3) is 2.11. The number of nitrogens with zero attached hydrogens (tertiary/aromatic N) is 2. The molecule has 0 aliphatic carbocycles. The van der Waals surface area contributed by atoms with Crippen molar-refractivity contribution in [2.45, 2.75) is 0 Å². The predicted molar refractivity (Wildman–Crippen MR) is 80.5 cm³/mol. The van der Waals surface area contributed by atoms with Crippen molar-refractivity contribution in [3.63, 3.8) is 0 Å². The molecular weight excluding hydrogens is 328 g/mol. The molecule has 19 heavy (non-hydrogen) atoms. The molecule has 0 atom stereocenters. The van der Waals surface area contributed by atoms with Crippen LogP contribution in [0.4, 0.5) is 0 Å². The maximum atomic E-state index is 9.99. The Balaban J connectivity index is 2.30. The molecule has 2 aromatic carbocycles. The van der Waals surface area contributed by atoms with Gasteiger partial charge >= 0.3 is 0 Å². The fraction of sp³-hybridized carbons (Fsp3) is 0.0714. The van der Waals surface area contributed by atoms with Crippen LogP contribution in [0.25, 0.3) is 22.4 Å². The number of fused-ring (bicyclic) bond motifs is 1. The summed E-state index contributed by atoms with van der Waals surface area (Å²) >= 11 is 9.38. The molecule has 0 spiro atoms. The second kappa shape index (κ2) is 4.54. The minimum absolute atomic E-state index is 0.202. The zero-order valence-electron chi connectivity index (χ0n) is 10.1. The summed E-state index contributed by atoms with van der Waals surface area (Å²) in [6, 6.07) is 10.8. The topological polar surface area (TPSA) is 38.0 Å². The first kappa shape index (κ1) is 12.5. The lowest BCUT2D eigenvalue weighted by atomic mass is 10.2. The predicted octanol–water partition coefficient (Wildman–Crippen LogP) is 4.36. The first-order chi connectivity index (χ1) is 9.06. The van der Waals surface area contributed by atoms with E-state index in [9.17, 15) is 5.11 Å². The molecule has 1 heterocycles. The summed E-state index contributed by atoms with van der Waals surface area (Å²) in [5.41, 5.74) is 2.47. The summed E-state index contributed by atoms with van der Waals surface area (Å²) < 4.78 is 2.83. The van der Waals surface area contributed by atoms with Gasteiger partial charge in [-0.1, -0.05) is 27.5 Å². The SMILES string of the molecule is Cn1c(-c2cc(Br)ccc2O)nc2cc(Cl)ccc21. The zero-order chi connectivity index (χ0) is 13.6. The van der Waals surface area contributed by atoms with E-state index >= 15 is 0 Å². The van der Waals surface area contributed by atoms with Crippen molar-refractivity contribution in [1.29, 1.82) is 0 Å². The van der Waals surface area contributed by atoms with Gasteiger partial charge in [-0.15, -0.1) is 0 Å². The molecule has 3 nitrogen and oxygen atoms in total. The van der Waals surface area contributed by atoms with Crippen molar-refractivity contribution in [3.05, 3.63) is 45.9 Å². The molecule has 1 N–H and O–H groups in total. The molecule has 96 valence electrons. The summed E-state index contributed by atoms with van der Waals surface area (Å²) in [5.74, 6) is 0.906. The molecule has 0 fully saturated rings. The Morgan fingerprint density at radius 3 is 2.79 bits per heavy atom. The Morgan fingerprint density at radius 1 is 1.21 bits per heavy atom. The molecule has 0 saturated heterocycles. The van der Waals surface area contributed by atoms with Gasteiger partial charge in [0, 0.05) is 16.5 Å². The Labute approximate surface area is 123 Å². The molecule has 0 saturated carbocycles. The van der Waals surface area contributed by atoms with Crippen LogP contribution in [-0.2, 0) is 7.05 Å². The minimum Gasteiger partial charge on any atom is -0.507 e. The fourth-order valence-electron chi connectivity index (χ4n) is 2.10. The standard InChI is InChI=1S/C14H10BrClN2O/c1-18-12-4-3-9(16)7-11(12)17-14(18)10-6-8(15)2-5-13(10)19/h2-7,19H,1H3. The van der Waals surface area contributed by atoms with Crippen molar-refractivity contribution >= 4 is 38.6 Å². The molecule has 3 aromatic rings. The second-order valence-corrected chi connectivity index (χ2v) is 5.64. The average molecular weight is 338 g/mol. The molecule has 0 unspecified atom stereocenters. The van der Waals surface area contributed by atoms with Gasteiger partial charge in [-0.05, 0) is 36.4 Å². The number of aromatic nitrogens is 2. The van der Waals surface area contributed by atoms with Crippen LogP contribution in [0.5, 0.6) is 5.75 Å². The van der Waals surface area contributed by atoms with Crippen molar-refractivity contribution in [3.8, 4) is 17.1 Å². The van der Waals surface area contributed by atoms with E-state index < -0.39 is 0 Å². The number of benzene rings is 2. The summed E-state index contributed by atoms with van der Waals surface area (Å²) in [7, 11) is 1.92. The minimum atomic E-state index is 0.202. The van der Waals surface area contributed by atoms with Crippen LogP contribution >= 0.6 is 27.5 Å². The van der Waals surface area contributed by atoms with Crippen molar-refractivity contribution in [2.75, 3.05) is 0 Å². The van der Waals surface area contributed by atoms with Crippen LogP contribution in [0, 0.1) is 0 Å². The molecule has 0 radical (unpaired) electrons. The van der Waals surface area contributed by atoms with Gasteiger partial charge in [-0.3, -0.25) is 0 Å². The molecule has 0 amide bonds. The second-order valence-electron chi connectivity index (χ2n) is 4.29. The maximum absolute atomic E-state index is 9.99. The number of phenolic OH excluding ortho intramolecular Hbond substituents is 1. The summed E-state index contributed by atoms with van der Waals surface area (Å²) in [6.07, 6.45) is 0.